The molecule has 29 heavy (non-hydrogen) atoms. The Balaban J connectivity index is 1.43. The summed E-state index contributed by atoms with van der Waals surface area (Å²) in [6.07, 6.45) is -5.60. The number of halogens is 5. The van der Waals surface area contributed by atoms with Crippen LogP contribution < -0.4 is 4.90 Å². The smallest absolute Gasteiger partial charge is 0.367 e. The second-order valence-electron chi connectivity index (χ2n) is 7.01. The van der Waals surface area contributed by atoms with Gasteiger partial charge in [0.25, 0.3) is 0 Å². The third-order valence-corrected chi connectivity index (χ3v) is 5.90. The normalized spacial score (nSPS) is 16.5. The molecule has 3 aromatic rings. The maximum Gasteiger partial charge on any atom is 0.458 e. The van der Waals surface area contributed by atoms with E-state index in [-0.39, 0.29) is 0 Å². The Morgan fingerprint density at radius 1 is 0.931 bits per heavy atom. The number of benzene rings is 2. The van der Waals surface area contributed by atoms with Crippen LogP contribution in [-0.4, -0.2) is 42.2 Å². The molecule has 1 aliphatic rings. The van der Waals surface area contributed by atoms with E-state index in [9.17, 15) is 22.0 Å². The summed E-state index contributed by atoms with van der Waals surface area (Å²) >= 11 is 1.58. The summed E-state index contributed by atoms with van der Waals surface area (Å²) in [5, 5.41) is 0. The first-order valence-corrected chi connectivity index (χ1v) is 9.97. The minimum atomic E-state index is -5.60. The summed E-state index contributed by atoms with van der Waals surface area (Å²) in [6.45, 7) is 3.15. The van der Waals surface area contributed by atoms with Gasteiger partial charge in [-0.2, -0.15) is 22.0 Å². The van der Waals surface area contributed by atoms with E-state index in [4.69, 9.17) is 0 Å². The van der Waals surface area contributed by atoms with Crippen LogP contribution >= 0.6 is 11.3 Å². The molecule has 0 saturated carbocycles. The fraction of sp³-hybridized carbons (Fsp3) is 0.350. The van der Waals surface area contributed by atoms with Crippen molar-refractivity contribution in [3.05, 3.63) is 59.1 Å². The summed E-state index contributed by atoms with van der Waals surface area (Å²) in [6, 6.07) is 10.7. The van der Waals surface area contributed by atoms with Gasteiger partial charge in [0.05, 0.1) is 15.9 Å². The van der Waals surface area contributed by atoms with Crippen LogP contribution in [-0.2, 0) is 12.5 Å². The molecule has 0 bridgehead atoms. The molecule has 0 N–H and O–H groups in total. The Bertz CT molecular complexity index is 993. The largest absolute Gasteiger partial charge is 0.458 e. The highest BCUT2D eigenvalue weighted by molar-refractivity contribution is 7.16. The van der Waals surface area contributed by atoms with Gasteiger partial charge in [0.1, 0.15) is 5.52 Å². The quantitative estimate of drug-likeness (QED) is 0.529. The molecule has 0 aliphatic carbocycles. The maximum absolute atomic E-state index is 13.6. The number of rotatable bonds is 4. The molecule has 1 saturated heterocycles. The van der Waals surface area contributed by atoms with Crippen molar-refractivity contribution in [2.24, 2.45) is 0 Å². The molecule has 4 rings (SSSR count). The summed E-state index contributed by atoms with van der Waals surface area (Å²) in [5.41, 5.74) is 3.27. The molecular formula is C20H18F5N3S. The standard InChI is InChI=1S/C20H18F5N3S/c21-19(22,20(23,24)25)15-4-1-3-14(11-15)12-27-7-9-28(10-8-27)16-5-2-6-17-18(16)26-13-29-17/h1-6,11,13H,7-10,12H2. The van der Waals surface area contributed by atoms with Crippen LogP contribution in [0.15, 0.2) is 48.0 Å². The van der Waals surface area contributed by atoms with Gasteiger partial charge in [-0.3, -0.25) is 4.90 Å². The zero-order valence-corrected chi connectivity index (χ0v) is 16.1. The molecule has 2 heterocycles. The van der Waals surface area contributed by atoms with E-state index in [1.807, 2.05) is 23.7 Å². The first kappa shape index (κ1) is 20.0. The van der Waals surface area contributed by atoms with Crippen LogP contribution in [0.25, 0.3) is 10.2 Å². The number of aromatic nitrogens is 1. The summed E-state index contributed by atoms with van der Waals surface area (Å²) in [4.78, 5) is 8.72. The zero-order chi connectivity index (χ0) is 20.6. The van der Waals surface area contributed by atoms with Crippen molar-refractivity contribution in [3.63, 3.8) is 0 Å². The summed E-state index contributed by atoms with van der Waals surface area (Å²) in [5.74, 6) is -4.85. The van der Waals surface area contributed by atoms with Crippen molar-refractivity contribution in [1.29, 1.82) is 0 Å². The molecule has 0 amide bonds. The van der Waals surface area contributed by atoms with Crippen LogP contribution in [0.5, 0.6) is 0 Å². The Kier molecular flexibility index (Phi) is 5.20. The highest BCUT2D eigenvalue weighted by atomic mass is 32.1. The number of piperazine rings is 1. The van der Waals surface area contributed by atoms with Gasteiger partial charge >= 0.3 is 12.1 Å². The van der Waals surface area contributed by atoms with Gasteiger partial charge < -0.3 is 4.90 Å². The van der Waals surface area contributed by atoms with E-state index in [0.29, 0.717) is 25.2 Å². The predicted octanol–water partition coefficient (Wildman–Crippen LogP) is 5.27. The molecule has 0 spiro atoms. The monoisotopic (exact) mass is 427 g/mol. The van der Waals surface area contributed by atoms with Crippen LogP contribution in [0.4, 0.5) is 27.6 Å². The molecule has 0 atom stereocenters. The van der Waals surface area contributed by atoms with Crippen LogP contribution in [0.1, 0.15) is 11.1 Å². The van der Waals surface area contributed by atoms with Gasteiger partial charge in [-0.1, -0.05) is 24.3 Å². The Morgan fingerprint density at radius 2 is 1.66 bits per heavy atom. The SMILES string of the molecule is FC(F)(F)C(F)(F)c1cccc(CN2CCN(c3cccc4scnc34)CC2)c1. The molecule has 2 aromatic carbocycles. The molecule has 154 valence electrons. The summed E-state index contributed by atoms with van der Waals surface area (Å²) < 4.78 is 66.2. The van der Waals surface area contributed by atoms with Crippen molar-refractivity contribution in [1.82, 2.24) is 9.88 Å². The van der Waals surface area contributed by atoms with Gasteiger partial charge in [0, 0.05) is 38.3 Å². The number of hydrogen-bond donors (Lipinski definition) is 0. The fourth-order valence-electron chi connectivity index (χ4n) is 3.56. The third kappa shape index (κ3) is 3.93. The Labute approximate surface area is 168 Å². The molecule has 9 heteroatoms. The maximum atomic E-state index is 13.6. The number of nitrogens with zero attached hydrogens (tertiary/aromatic N) is 3. The lowest BCUT2D eigenvalue weighted by molar-refractivity contribution is -0.289. The molecule has 1 aliphatic heterocycles. The van der Waals surface area contributed by atoms with Gasteiger partial charge in [-0.05, 0) is 23.8 Å². The van der Waals surface area contributed by atoms with Crippen LogP contribution in [0.3, 0.4) is 0 Å². The lowest BCUT2D eigenvalue weighted by Gasteiger charge is -2.36. The molecule has 0 unspecified atom stereocenters. The minimum absolute atomic E-state index is 0.330. The first-order valence-electron chi connectivity index (χ1n) is 9.09. The molecule has 0 radical (unpaired) electrons. The number of para-hydroxylation sites is 1. The van der Waals surface area contributed by atoms with E-state index in [0.717, 1.165) is 41.1 Å². The second-order valence-corrected chi connectivity index (χ2v) is 7.90. The van der Waals surface area contributed by atoms with Gasteiger partial charge in [-0.15, -0.1) is 11.3 Å². The van der Waals surface area contributed by atoms with Crippen molar-refractivity contribution >= 4 is 27.2 Å². The second kappa shape index (κ2) is 7.53. The van der Waals surface area contributed by atoms with Crippen molar-refractivity contribution in [3.8, 4) is 0 Å². The average Bonchev–Trinajstić information content (AvgIpc) is 3.17. The molecule has 3 nitrogen and oxygen atoms in total. The highest BCUT2D eigenvalue weighted by Crippen LogP contribution is 2.44. The number of fused-ring (bicyclic) bond motifs is 1. The van der Waals surface area contributed by atoms with Crippen molar-refractivity contribution in [2.45, 2.75) is 18.6 Å². The van der Waals surface area contributed by atoms with Gasteiger partial charge in [-0.25, -0.2) is 4.98 Å². The summed E-state index contributed by atoms with van der Waals surface area (Å²) in [7, 11) is 0. The van der Waals surface area contributed by atoms with E-state index >= 15 is 0 Å². The van der Waals surface area contributed by atoms with E-state index < -0.39 is 17.7 Å². The number of thiazole rings is 1. The number of alkyl halides is 5. The number of anilines is 1. The van der Waals surface area contributed by atoms with E-state index in [1.165, 1.54) is 6.07 Å². The van der Waals surface area contributed by atoms with Gasteiger partial charge in [0.15, 0.2) is 0 Å². The highest BCUT2D eigenvalue weighted by Gasteiger charge is 2.58. The minimum Gasteiger partial charge on any atom is -0.367 e. The fourth-order valence-corrected chi connectivity index (χ4v) is 4.26. The number of hydrogen-bond acceptors (Lipinski definition) is 4. The lowest BCUT2D eigenvalue weighted by atomic mass is 10.0. The third-order valence-electron chi connectivity index (χ3n) is 5.10. The zero-order valence-electron chi connectivity index (χ0n) is 15.3. The predicted molar refractivity (Wildman–Crippen MR) is 104 cm³/mol. The lowest BCUT2D eigenvalue weighted by Crippen LogP contribution is -2.46. The molecular weight excluding hydrogens is 409 g/mol. The first-order chi connectivity index (χ1) is 13.8. The molecule has 1 aromatic heterocycles. The molecule has 1 fully saturated rings. The topological polar surface area (TPSA) is 19.4 Å². The Hall–Kier alpha value is -2.26. The Morgan fingerprint density at radius 3 is 2.38 bits per heavy atom. The average molecular weight is 427 g/mol. The van der Waals surface area contributed by atoms with E-state index in [1.54, 1.807) is 17.4 Å². The van der Waals surface area contributed by atoms with Gasteiger partial charge in [0.2, 0.25) is 0 Å². The van der Waals surface area contributed by atoms with Crippen LogP contribution in [0, 0.1) is 0 Å². The van der Waals surface area contributed by atoms with Crippen molar-refractivity contribution in [2.75, 3.05) is 31.1 Å². The van der Waals surface area contributed by atoms with Crippen molar-refractivity contribution < 1.29 is 22.0 Å². The van der Waals surface area contributed by atoms with E-state index in [2.05, 4.69) is 14.8 Å². The van der Waals surface area contributed by atoms with Crippen LogP contribution in [0.2, 0.25) is 0 Å².